The average Bonchev–Trinajstić information content (AvgIpc) is 2.26. The fourth-order valence-corrected chi connectivity index (χ4v) is 1.35. The molecule has 0 spiro atoms. The van der Waals surface area contributed by atoms with Gasteiger partial charge in [0.15, 0.2) is 17.5 Å². The number of unbranched alkanes of at least 4 members (excludes halogenated alkanes) is 1. The first-order valence-electron chi connectivity index (χ1n) is 4.82. The summed E-state index contributed by atoms with van der Waals surface area (Å²) in [5, 5.41) is 9.55. The van der Waals surface area contributed by atoms with E-state index in [2.05, 4.69) is 5.92 Å². The Kier molecular flexibility index (Phi) is 4.39. The Morgan fingerprint density at radius 3 is 2.56 bits per heavy atom. The number of terminal acetylenes is 1. The lowest BCUT2D eigenvalue weighted by Gasteiger charge is -2.11. The van der Waals surface area contributed by atoms with Crippen LogP contribution < -0.4 is 0 Å². The summed E-state index contributed by atoms with van der Waals surface area (Å²) in [6, 6.07) is 1.83. The van der Waals surface area contributed by atoms with Crippen LogP contribution in [0.3, 0.4) is 0 Å². The molecule has 1 rings (SSSR count). The number of halogens is 3. The van der Waals surface area contributed by atoms with Crippen molar-refractivity contribution in [3.63, 3.8) is 0 Å². The van der Waals surface area contributed by atoms with Crippen molar-refractivity contribution in [3.8, 4) is 12.3 Å². The molecule has 0 aliphatic carbocycles. The van der Waals surface area contributed by atoms with Crippen LogP contribution in [0.15, 0.2) is 12.1 Å². The van der Waals surface area contributed by atoms with E-state index in [9.17, 15) is 18.3 Å². The zero-order chi connectivity index (χ0) is 12.1. The minimum absolute atomic E-state index is 0.214. The highest BCUT2D eigenvalue weighted by Gasteiger charge is 2.18. The molecule has 1 atom stereocenters. The van der Waals surface area contributed by atoms with Crippen molar-refractivity contribution in [1.29, 1.82) is 0 Å². The summed E-state index contributed by atoms with van der Waals surface area (Å²) in [5.41, 5.74) is -0.240. The maximum absolute atomic E-state index is 13.2. The summed E-state index contributed by atoms with van der Waals surface area (Å²) in [6.45, 7) is 0. The van der Waals surface area contributed by atoms with E-state index in [1.165, 1.54) is 0 Å². The third-order valence-corrected chi connectivity index (χ3v) is 2.22. The van der Waals surface area contributed by atoms with E-state index < -0.39 is 23.6 Å². The van der Waals surface area contributed by atoms with Gasteiger partial charge in [-0.15, -0.1) is 12.3 Å². The second-order valence-corrected chi connectivity index (χ2v) is 3.38. The van der Waals surface area contributed by atoms with Crippen LogP contribution in [0.4, 0.5) is 13.2 Å². The van der Waals surface area contributed by atoms with Gasteiger partial charge in [-0.2, -0.15) is 0 Å². The standard InChI is InChI=1S/C12H11F3O/c1-2-3-4-5-10(16)8-6-7-9(13)12(15)11(8)14/h1,6-7,10,16H,3-5H2. The van der Waals surface area contributed by atoms with Gasteiger partial charge in [-0.1, -0.05) is 6.07 Å². The molecule has 86 valence electrons. The van der Waals surface area contributed by atoms with E-state index in [1.807, 2.05) is 0 Å². The molecule has 0 bridgehead atoms. The first-order chi connectivity index (χ1) is 7.57. The van der Waals surface area contributed by atoms with Crippen LogP contribution in [0.25, 0.3) is 0 Å². The Labute approximate surface area is 91.9 Å². The van der Waals surface area contributed by atoms with Crippen LogP contribution in [0.5, 0.6) is 0 Å². The molecule has 0 saturated carbocycles. The molecule has 0 aliphatic rings. The Morgan fingerprint density at radius 2 is 1.94 bits per heavy atom. The predicted molar refractivity (Wildman–Crippen MR) is 54.0 cm³/mol. The summed E-state index contributed by atoms with van der Waals surface area (Å²) in [6.07, 6.45) is 5.01. The van der Waals surface area contributed by atoms with E-state index in [4.69, 9.17) is 6.42 Å². The lowest BCUT2D eigenvalue weighted by molar-refractivity contribution is 0.159. The zero-order valence-electron chi connectivity index (χ0n) is 8.51. The highest BCUT2D eigenvalue weighted by atomic mass is 19.2. The molecule has 0 radical (unpaired) electrons. The highest BCUT2D eigenvalue weighted by Crippen LogP contribution is 2.24. The van der Waals surface area contributed by atoms with Crippen molar-refractivity contribution in [2.24, 2.45) is 0 Å². The SMILES string of the molecule is C#CCCCC(O)c1ccc(F)c(F)c1F. The van der Waals surface area contributed by atoms with Gasteiger partial charge in [-0.25, -0.2) is 13.2 Å². The Balaban J connectivity index is 2.80. The smallest absolute Gasteiger partial charge is 0.194 e. The number of benzene rings is 1. The molecule has 0 aliphatic heterocycles. The molecule has 1 aromatic rings. The van der Waals surface area contributed by atoms with Crippen LogP contribution in [0.2, 0.25) is 0 Å². The zero-order valence-corrected chi connectivity index (χ0v) is 8.51. The number of rotatable bonds is 4. The first-order valence-corrected chi connectivity index (χ1v) is 4.82. The second kappa shape index (κ2) is 5.57. The van der Waals surface area contributed by atoms with Gasteiger partial charge in [-0.3, -0.25) is 0 Å². The maximum atomic E-state index is 13.2. The monoisotopic (exact) mass is 228 g/mol. The van der Waals surface area contributed by atoms with Crippen molar-refractivity contribution in [3.05, 3.63) is 35.1 Å². The summed E-state index contributed by atoms with van der Waals surface area (Å²) < 4.78 is 38.7. The Hall–Kier alpha value is -1.47. The normalized spacial score (nSPS) is 12.2. The van der Waals surface area contributed by atoms with Gasteiger partial charge in [0.1, 0.15) is 0 Å². The fourth-order valence-electron chi connectivity index (χ4n) is 1.35. The van der Waals surface area contributed by atoms with E-state index in [-0.39, 0.29) is 12.0 Å². The lowest BCUT2D eigenvalue weighted by atomic mass is 10.0. The number of hydrogen-bond acceptors (Lipinski definition) is 1. The molecule has 0 heterocycles. The second-order valence-electron chi connectivity index (χ2n) is 3.38. The molecule has 1 aromatic carbocycles. The molecule has 0 aromatic heterocycles. The number of hydrogen-bond donors (Lipinski definition) is 1. The van der Waals surface area contributed by atoms with Crippen LogP contribution >= 0.6 is 0 Å². The largest absolute Gasteiger partial charge is 0.388 e. The molecule has 0 fully saturated rings. The molecule has 1 unspecified atom stereocenters. The van der Waals surface area contributed by atoms with Crippen LogP contribution in [-0.4, -0.2) is 5.11 Å². The number of aliphatic hydroxyl groups is 1. The quantitative estimate of drug-likeness (QED) is 0.477. The van der Waals surface area contributed by atoms with E-state index >= 15 is 0 Å². The average molecular weight is 228 g/mol. The van der Waals surface area contributed by atoms with Gasteiger partial charge in [0.2, 0.25) is 0 Å². The highest BCUT2D eigenvalue weighted by molar-refractivity contribution is 5.22. The third kappa shape index (κ3) is 2.77. The van der Waals surface area contributed by atoms with Crippen LogP contribution in [-0.2, 0) is 0 Å². The van der Waals surface area contributed by atoms with Gasteiger partial charge in [0.05, 0.1) is 6.10 Å². The fraction of sp³-hybridized carbons (Fsp3) is 0.333. The summed E-state index contributed by atoms with van der Waals surface area (Å²) in [4.78, 5) is 0. The summed E-state index contributed by atoms with van der Waals surface area (Å²) >= 11 is 0. The molecule has 1 nitrogen and oxygen atoms in total. The molecule has 0 amide bonds. The molecular formula is C12H11F3O. The van der Waals surface area contributed by atoms with Crippen LogP contribution in [0.1, 0.15) is 30.9 Å². The van der Waals surface area contributed by atoms with Gasteiger partial charge in [-0.05, 0) is 18.9 Å². The van der Waals surface area contributed by atoms with Crippen molar-refractivity contribution in [2.75, 3.05) is 0 Å². The van der Waals surface area contributed by atoms with Gasteiger partial charge < -0.3 is 5.11 Å². The minimum Gasteiger partial charge on any atom is -0.388 e. The summed E-state index contributed by atoms with van der Waals surface area (Å²) in [5.74, 6) is -1.80. The predicted octanol–water partition coefficient (Wildman–Crippen LogP) is 2.94. The molecule has 16 heavy (non-hydrogen) atoms. The molecule has 1 N–H and O–H groups in total. The van der Waals surface area contributed by atoms with Gasteiger partial charge >= 0.3 is 0 Å². The first kappa shape index (κ1) is 12.6. The molecule has 0 saturated heterocycles. The minimum atomic E-state index is -1.56. The van der Waals surface area contributed by atoms with E-state index in [1.54, 1.807) is 0 Å². The van der Waals surface area contributed by atoms with Crippen molar-refractivity contribution < 1.29 is 18.3 Å². The number of aliphatic hydroxyl groups excluding tert-OH is 1. The molecular weight excluding hydrogens is 217 g/mol. The summed E-state index contributed by atoms with van der Waals surface area (Å²) in [7, 11) is 0. The van der Waals surface area contributed by atoms with Crippen LogP contribution in [0, 0.1) is 29.8 Å². The van der Waals surface area contributed by atoms with E-state index in [0.29, 0.717) is 12.8 Å². The Morgan fingerprint density at radius 1 is 1.25 bits per heavy atom. The van der Waals surface area contributed by atoms with Crippen molar-refractivity contribution in [1.82, 2.24) is 0 Å². The van der Waals surface area contributed by atoms with Gasteiger partial charge in [0.25, 0.3) is 0 Å². The van der Waals surface area contributed by atoms with Crippen molar-refractivity contribution >= 4 is 0 Å². The Bertz CT molecular complexity index is 409. The topological polar surface area (TPSA) is 20.2 Å². The maximum Gasteiger partial charge on any atom is 0.194 e. The third-order valence-electron chi connectivity index (χ3n) is 2.22. The lowest BCUT2D eigenvalue weighted by Crippen LogP contribution is -2.04. The van der Waals surface area contributed by atoms with E-state index in [0.717, 1.165) is 12.1 Å². The molecule has 4 heteroatoms. The van der Waals surface area contributed by atoms with Crippen molar-refractivity contribution in [2.45, 2.75) is 25.4 Å². The van der Waals surface area contributed by atoms with Gasteiger partial charge in [0, 0.05) is 12.0 Å².